The molecule has 1 heterocycles. The zero-order valence-electron chi connectivity index (χ0n) is 11.9. The van der Waals surface area contributed by atoms with Crippen molar-refractivity contribution < 1.29 is 4.21 Å². The van der Waals surface area contributed by atoms with Crippen LogP contribution in [0.25, 0.3) is 0 Å². The Morgan fingerprint density at radius 3 is 2.74 bits per heavy atom. The van der Waals surface area contributed by atoms with Gasteiger partial charge in [-0.25, -0.2) is 0 Å². The van der Waals surface area contributed by atoms with E-state index >= 15 is 0 Å². The summed E-state index contributed by atoms with van der Waals surface area (Å²) in [5.41, 5.74) is 0. The molecule has 0 saturated carbocycles. The summed E-state index contributed by atoms with van der Waals surface area (Å²) in [7, 11) is 3.44. The van der Waals surface area contributed by atoms with Crippen molar-refractivity contribution in [3.63, 3.8) is 0 Å². The van der Waals surface area contributed by atoms with Crippen molar-refractivity contribution in [1.82, 2.24) is 9.80 Å². The Bertz CT molecular complexity index is 408. The minimum Gasteiger partial charge on any atom is -0.305 e. The first-order valence-corrected chi connectivity index (χ1v) is 8.31. The molecule has 1 aromatic rings. The van der Waals surface area contributed by atoms with Crippen LogP contribution in [-0.2, 0) is 10.8 Å². The summed E-state index contributed by atoms with van der Waals surface area (Å²) < 4.78 is 12.2. The minimum absolute atomic E-state index is 0.652. The van der Waals surface area contributed by atoms with E-state index in [1.807, 2.05) is 30.3 Å². The largest absolute Gasteiger partial charge is 0.305 e. The normalized spacial score (nSPS) is 22.6. The number of nitrogens with zero attached hydrogens (tertiary/aromatic N) is 2. The van der Waals surface area contributed by atoms with Crippen LogP contribution in [0.15, 0.2) is 35.2 Å². The second kappa shape index (κ2) is 7.17. The van der Waals surface area contributed by atoms with Crippen LogP contribution in [0.3, 0.4) is 0 Å². The van der Waals surface area contributed by atoms with E-state index in [4.69, 9.17) is 0 Å². The Morgan fingerprint density at radius 2 is 2.05 bits per heavy atom. The lowest BCUT2D eigenvalue weighted by Gasteiger charge is -2.36. The monoisotopic (exact) mass is 280 g/mol. The molecule has 0 N–H and O–H groups in total. The highest BCUT2D eigenvalue weighted by atomic mass is 32.2. The summed E-state index contributed by atoms with van der Waals surface area (Å²) in [6.45, 7) is 3.20. The van der Waals surface area contributed by atoms with Crippen LogP contribution < -0.4 is 0 Å². The first kappa shape index (κ1) is 14.7. The maximum Gasteiger partial charge on any atom is 0.0542 e. The summed E-state index contributed by atoms with van der Waals surface area (Å²) in [6, 6.07) is 10.4. The molecule has 0 aliphatic carbocycles. The SMILES string of the molecule is CN(C)C1CCCN(CCS(=O)c2ccccc2)C1. The van der Waals surface area contributed by atoms with Gasteiger partial charge >= 0.3 is 0 Å². The summed E-state index contributed by atoms with van der Waals surface area (Å²) in [5, 5.41) is 0. The maximum atomic E-state index is 12.2. The fourth-order valence-corrected chi connectivity index (χ4v) is 3.68. The minimum atomic E-state index is -0.862. The molecule has 1 aromatic carbocycles. The van der Waals surface area contributed by atoms with E-state index in [0.717, 1.165) is 30.3 Å². The second-order valence-corrected chi connectivity index (χ2v) is 6.99. The molecular formula is C15H24N2OS. The van der Waals surface area contributed by atoms with Gasteiger partial charge in [-0.1, -0.05) is 18.2 Å². The van der Waals surface area contributed by atoms with E-state index in [9.17, 15) is 4.21 Å². The number of hydrogen-bond donors (Lipinski definition) is 0. The number of rotatable bonds is 5. The van der Waals surface area contributed by atoms with Crippen LogP contribution in [0.5, 0.6) is 0 Å². The standard InChI is InChI=1S/C15H24N2OS/c1-16(2)14-7-6-10-17(13-14)11-12-19(18)15-8-4-3-5-9-15/h3-5,8-9,14H,6-7,10-13H2,1-2H3. The fourth-order valence-electron chi connectivity index (χ4n) is 2.56. The van der Waals surface area contributed by atoms with Crippen molar-refractivity contribution in [2.45, 2.75) is 23.8 Å². The molecule has 4 heteroatoms. The molecule has 0 spiro atoms. The Balaban J connectivity index is 1.80. The lowest BCUT2D eigenvalue weighted by molar-refractivity contribution is 0.139. The predicted octanol–water partition coefficient (Wildman–Crippen LogP) is 1.82. The molecule has 0 bridgehead atoms. The van der Waals surface area contributed by atoms with E-state index in [-0.39, 0.29) is 0 Å². The average molecular weight is 280 g/mol. The summed E-state index contributed by atoms with van der Waals surface area (Å²) >= 11 is 0. The molecule has 106 valence electrons. The quantitative estimate of drug-likeness (QED) is 0.822. The first-order valence-electron chi connectivity index (χ1n) is 6.99. The molecule has 0 aromatic heterocycles. The van der Waals surface area contributed by atoms with Gasteiger partial charge in [-0.15, -0.1) is 0 Å². The molecule has 2 unspecified atom stereocenters. The van der Waals surface area contributed by atoms with Gasteiger partial charge < -0.3 is 9.80 Å². The van der Waals surface area contributed by atoms with E-state index in [0.29, 0.717) is 6.04 Å². The van der Waals surface area contributed by atoms with Crippen molar-refractivity contribution in [3.8, 4) is 0 Å². The predicted molar refractivity (Wildman–Crippen MR) is 80.9 cm³/mol. The molecule has 1 fully saturated rings. The van der Waals surface area contributed by atoms with Crippen LogP contribution in [0, 0.1) is 0 Å². The second-order valence-electron chi connectivity index (χ2n) is 5.42. The van der Waals surface area contributed by atoms with Crippen LogP contribution in [0.2, 0.25) is 0 Å². The van der Waals surface area contributed by atoms with Crippen molar-refractivity contribution in [3.05, 3.63) is 30.3 Å². The smallest absolute Gasteiger partial charge is 0.0542 e. The summed E-state index contributed by atoms with van der Waals surface area (Å²) in [5.74, 6) is 0.740. The molecule has 1 aliphatic rings. The van der Waals surface area contributed by atoms with Crippen LogP contribution in [-0.4, -0.2) is 59.5 Å². The van der Waals surface area contributed by atoms with E-state index in [1.54, 1.807) is 0 Å². The Kier molecular flexibility index (Phi) is 5.55. The molecule has 0 radical (unpaired) electrons. The Hall–Kier alpha value is -0.710. The third kappa shape index (κ3) is 4.41. The molecule has 1 aliphatic heterocycles. The van der Waals surface area contributed by atoms with Gasteiger partial charge in [0.1, 0.15) is 0 Å². The molecule has 19 heavy (non-hydrogen) atoms. The Morgan fingerprint density at radius 1 is 1.32 bits per heavy atom. The highest BCUT2D eigenvalue weighted by Gasteiger charge is 2.21. The summed E-state index contributed by atoms with van der Waals surface area (Å²) in [6.07, 6.45) is 2.53. The molecule has 2 atom stereocenters. The fraction of sp³-hybridized carbons (Fsp3) is 0.600. The van der Waals surface area contributed by atoms with Gasteiger partial charge in [0, 0.05) is 29.8 Å². The molecule has 1 saturated heterocycles. The highest BCUT2D eigenvalue weighted by molar-refractivity contribution is 7.85. The van der Waals surface area contributed by atoms with E-state index in [2.05, 4.69) is 23.9 Å². The van der Waals surface area contributed by atoms with Gasteiger partial charge in [0.25, 0.3) is 0 Å². The lowest BCUT2D eigenvalue weighted by Crippen LogP contribution is -2.46. The first-order chi connectivity index (χ1) is 9.16. The van der Waals surface area contributed by atoms with Crippen LogP contribution in [0.1, 0.15) is 12.8 Å². The van der Waals surface area contributed by atoms with Crippen LogP contribution >= 0.6 is 0 Å². The maximum absolute atomic E-state index is 12.2. The number of likely N-dealkylation sites (tertiary alicyclic amines) is 1. The van der Waals surface area contributed by atoms with E-state index < -0.39 is 10.8 Å². The van der Waals surface area contributed by atoms with Crippen molar-refractivity contribution >= 4 is 10.8 Å². The van der Waals surface area contributed by atoms with Crippen LogP contribution in [0.4, 0.5) is 0 Å². The lowest BCUT2D eigenvalue weighted by atomic mass is 10.1. The topological polar surface area (TPSA) is 23.6 Å². The van der Waals surface area contributed by atoms with Gasteiger partial charge in [-0.05, 0) is 45.6 Å². The average Bonchev–Trinajstić information content (AvgIpc) is 2.46. The summed E-state index contributed by atoms with van der Waals surface area (Å²) in [4.78, 5) is 5.71. The Labute approximate surface area is 119 Å². The molecule has 2 rings (SSSR count). The number of piperidine rings is 1. The van der Waals surface area contributed by atoms with Gasteiger partial charge in [-0.2, -0.15) is 0 Å². The number of benzene rings is 1. The van der Waals surface area contributed by atoms with E-state index in [1.165, 1.54) is 12.8 Å². The molecule has 0 amide bonds. The zero-order valence-corrected chi connectivity index (χ0v) is 12.7. The number of hydrogen-bond acceptors (Lipinski definition) is 3. The number of likely N-dealkylation sites (N-methyl/N-ethyl adjacent to an activating group) is 1. The molecule has 3 nitrogen and oxygen atoms in total. The van der Waals surface area contributed by atoms with Crippen molar-refractivity contribution in [2.75, 3.05) is 39.5 Å². The zero-order chi connectivity index (χ0) is 13.7. The van der Waals surface area contributed by atoms with Gasteiger partial charge in [-0.3, -0.25) is 4.21 Å². The molecular weight excluding hydrogens is 256 g/mol. The van der Waals surface area contributed by atoms with Gasteiger partial charge in [0.05, 0.1) is 10.8 Å². The van der Waals surface area contributed by atoms with Gasteiger partial charge in [0.15, 0.2) is 0 Å². The van der Waals surface area contributed by atoms with Gasteiger partial charge in [0.2, 0.25) is 0 Å². The third-order valence-corrected chi connectivity index (χ3v) is 5.16. The van der Waals surface area contributed by atoms with Crippen molar-refractivity contribution in [2.24, 2.45) is 0 Å². The highest BCUT2D eigenvalue weighted by Crippen LogP contribution is 2.14. The third-order valence-electron chi connectivity index (χ3n) is 3.81. The van der Waals surface area contributed by atoms with Crippen molar-refractivity contribution in [1.29, 1.82) is 0 Å².